The molecule has 1 aromatic rings. The van der Waals surface area contributed by atoms with Crippen molar-refractivity contribution in [1.82, 2.24) is 0 Å². The molecule has 0 spiro atoms. The number of esters is 1. The molecular formula is C36H64O2. The summed E-state index contributed by atoms with van der Waals surface area (Å²) >= 11 is 0. The van der Waals surface area contributed by atoms with E-state index in [4.69, 9.17) is 4.74 Å². The number of hydrogen-bond donors (Lipinski definition) is 0. The Kier molecular flexibility index (Phi) is 26.2. The van der Waals surface area contributed by atoms with Crippen LogP contribution in [0.2, 0.25) is 0 Å². The molecule has 0 N–H and O–H groups in total. The van der Waals surface area contributed by atoms with E-state index in [2.05, 4.69) is 6.92 Å². The maximum absolute atomic E-state index is 11.8. The summed E-state index contributed by atoms with van der Waals surface area (Å²) in [6.45, 7) is 2.70. The van der Waals surface area contributed by atoms with E-state index in [0.717, 1.165) is 18.4 Å². The number of hydrogen-bond acceptors (Lipinski definition) is 2. The van der Waals surface area contributed by atoms with Crippen molar-refractivity contribution in [3.05, 3.63) is 35.9 Å². The summed E-state index contributed by atoms with van der Waals surface area (Å²) in [5, 5.41) is 0. The largest absolute Gasteiger partial charge is 0.461 e. The first-order chi connectivity index (χ1) is 18.8. The van der Waals surface area contributed by atoms with Crippen LogP contribution in [0.5, 0.6) is 0 Å². The summed E-state index contributed by atoms with van der Waals surface area (Å²) < 4.78 is 5.35. The van der Waals surface area contributed by atoms with Crippen LogP contribution in [0.15, 0.2) is 30.3 Å². The first-order valence-electron chi connectivity index (χ1n) is 17.0. The lowest BCUT2D eigenvalue weighted by Gasteiger charge is -2.05. The minimum absolute atomic E-state index is 0.0572. The maximum Gasteiger partial charge on any atom is 0.306 e. The monoisotopic (exact) mass is 528 g/mol. The van der Waals surface area contributed by atoms with Gasteiger partial charge >= 0.3 is 5.97 Å². The molecule has 0 fully saturated rings. The molecule has 0 heterocycles. The number of ether oxygens (including phenoxy) is 1. The zero-order valence-corrected chi connectivity index (χ0v) is 25.5. The highest BCUT2D eigenvalue weighted by Gasteiger charge is 2.03. The fourth-order valence-corrected chi connectivity index (χ4v) is 5.40. The third kappa shape index (κ3) is 25.0. The van der Waals surface area contributed by atoms with Crippen molar-refractivity contribution in [3.8, 4) is 0 Å². The van der Waals surface area contributed by atoms with Gasteiger partial charge in [0.15, 0.2) is 0 Å². The van der Waals surface area contributed by atoms with Crippen LogP contribution in [0.1, 0.15) is 186 Å². The molecular weight excluding hydrogens is 464 g/mol. The van der Waals surface area contributed by atoms with Crippen molar-refractivity contribution < 1.29 is 9.53 Å². The van der Waals surface area contributed by atoms with Crippen LogP contribution < -0.4 is 0 Å². The molecule has 0 aromatic heterocycles. The van der Waals surface area contributed by atoms with Gasteiger partial charge in [-0.3, -0.25) is 4.79 Å². The molecule has 0 atom stereocenters. The standard InChI is InChI=1S/C36H64O2/c1-2-3-4-5-6-7-8-9-10-11-12-13-14-15-16-17-18-19-20-21-22-23-24-25-26-30-33-36(37)38-34-35-31-28-27-29-32-35/h27-29,31-32H,2-26,30,33-34H2,1H3. The van der Waals surface area contributed by atoms with Gasteiger partial charge in [0.1, 0.15) is 6.61 Å². The molecule has 220 valence electrons. The second kappa shape index (κ2) is 28.7. The van der Waals surface area contributed by atoms with Gasteiger partial charge in [-0.1, -0.05) is 198 Å². The lowest BCUT2D eigenvalue weighted by Crippen LogP contribution is -2.04. The van der Waals surface area contributed by atoms with Gasteiger partial charge < -0.3 is 4.74 Å². The van der Waals surface area contributed by atoms with Gasteiger partial charge in [-0.15, -0.1) is 0 Å². The summed E-state index contributed by atoms with van der Waals surface area (Å²) in [5.74, 6) is -0.0572. The van der Waals surface area contributed by atoms with E-state index in [1.807, 2.05) is 30.3 Å². The van der Waals surface area contributed by atoms with Gasteiger partial charge in [0.2, 0.25) is 0 Å². The van der Waals surface area contributed by atoms with Crippen LogP contribution in [0.25, 0.3) is 0 Å². The second-order valence-corrected chi connectivity index (χ2v) is 11.7. The molecule has 0 aliphatic heterocycles. The number of carbonyl (C=O) groups excluding carboxylic acids is 1. The molecule has 0 amide bonds. The molecule has 0 bridgehead atoms. The fraction of sp³-hybridized carbons (Fsp3) is 0.806. The zero-order chi connectivity index (χ0) is 27.2. The minimum Gasteiger partial charge on any atom is -0.461 e. The normalized spacial score (nSPS) is 11.2. The third-order valence-electron chi connectivity index (χ3n) is 7.98. The van der Waals surface area contributed by atoms with E-state index < -0.39 is 0 Å². The Labute approximate surface area is 238 Å². The van der Waals surface area contributed by atoms with Gasteiger partial charge in [-0.05, 0) is 12.0 Å². The average Bonchev–Trinajstić information content (AvgIpc) is 2.94. The molecule has 0 aliphatic carbocycles. The molecule has 0 aliphatic rings. The average molecular weight is 529 g/mol. The molecule has 0 radical (unpaired) electrons. The Hall–Kier alpha value is -1.31. The molecule has 0 saturated carbocycles. The Bertz CT molecular complexity index is 597. The Morgan fingerprint density at radius 1 is 0.474 bits per heavy atom. The summed E-state index contributed by atoms with van der Waals surface area (Å²) in [6, 6.07) is 9.92. The number of rotatable bonds is 29. The number of benzene rings is 1. The topological polar surface area (TPSA) is 26.3 Å². The van der Waals surface area contributed by atoms with Crippen LogP contribution in [-0.2, 0) is 16.1 Å². The minimum atomic E-state index is -0.0572. The van der Waals surface area contributed by atoms with Crippen molar-refractivity contribution in [3.63, 3.8) is 0 Å². The summed E-state index contributed by atoms with van der Waals surface area (Å²) in [5.41, 5.74) is 1.06. The van der Waals surface area contributed by atoms with Crippen molar-refractivity contribution in [2.75, 3.05) is 0 Å². The summed E-state index contributed by atoms with van der Waals surface area (Å²) in [7, 11) is 0. The lowest BCUT2D eigenvalue weighted by atomic mass is 10.0. The van der Waals surface area contributed by atoms with Gasteiger partial charge in [0.25, 0.3) is 0 Å². The summed E-state index contributed by atoms with van der Waals surface area (Å²) in [6.07, 6.45) is 37.0. The molecule has 0 saturated heterocycles. The predicted molar refractivity (Wildman–Crippen MR) is 167 cm³/mol. The molecule has 1 rings (SSSR count). The second-order valence-electron chi connectivity index (χ2n) is 11.7. The van der Waals surface area contributed by atoms with E-state index in [0.29, 0.717) is 13.0 Å². The lowest BCUT2D eigenvalue weighted by molar-refractivity contribution is -0.145. The molecule has 2 nitrogen and oxygen atoms in total. The Morgan fingerprint density at radius 2 is 0.789 bits per heavy atom. The summed E-state index contributed by atoms with van der Waals surface area (Å²) in [4.78, 5) is 11.8. The fourth-order valence-electron chi connectivity index (χ4n) is 5.40. The van der Waals surface area contributed by atoms with Crippen LogP contribution >= 0.6 is 0 Å². The van der Waals surface area contributed by atoms with E-state index in [-0.39, 0.29) is 5.97 Å². The van der Waals surface area contributed by atoms with E-state index in [1.54, 1.807) is 0 Å². The van der Waals surface area contributed by atoms with E-state index in [1.165, 1.54) is 154 Å². The number of unbranched alkanes of at least 4 members (excludes halogenated alkanes) is 25. The van der Waals surface area contributed by atoms with Gasteiger partial charge in [0.05, 0.1) is 0 Å². The third-order valence-corrected chi connectivity index (χ3v) is 7.98. The van der Waals surface area contributed by atoms with Crippen LogP contribution in [-0.4, -0.2) is 5.97 Å². The van der Waals surface area contributed by atoms with Crippen LogP contribution in [0.4, 0.5) is 0 Å². The van der Waals surface area contributed by atoms with E-state index in [9.17, 15) is 4.79 Å². The SMILES string of the molecule is CCCCCCCCCCCCCCCCCCCCCCCCCCCCC(=O)OCc1ccccc1. The van der Waals surface area contributed by atoms with Crippen molar-refractivity contribution in [2.45, 2.75) is 187 Å². The zero-order valence-electron chi connectivity index (χ0n) is 25.5. The highest BCUT2D eigenvalue weighted by molar-refractivity contribution is 5.69. The van der Waals surface area contributed by atoms with Gasteiger partial charge in [-0.25, -0.2) is 0 Å². The molecule has 38 heavy (non-hydrogen) atoms. The maximum atomic E-state index is 11.8. The molecule has 2 heteroatoms. The van der Waals surface area contributed by atoms with Gasteiger partial charge in [0, 0.05) is 6.42 Å². The predicted octanol–water partition coefficient (Wildman–Crippen LogP) is 12.3. The van der Waals surface area contributed by atoms with E-state index >= 15 is 0 Å². The van der Waals surface area contributed by atoms with Gasteiger partial charge in [-0.2, -0.15) is 0 Å². The quantitative estimate of drug-likeness (QED) is 0.0763. The molecule has 0 unspecified atom stereocenters. The first kappa shape index (κ1) is 34.7. The van der Waals surface area contributed by atoms with Crippen molar-refractivity contribution in [1.29, 1.82) is 0 Å². The van der Waals surface area contributed by atoms with Crippen molar-refractivity contribution >= 4 is 5.97 Å². The highest BCUT2D eigenvalue weighted by Crippen LogP contribution is 2.16. The van der Waals surface area contributed by atoms with Crippen LogP contribution in [0.3, 0.4) is 0 Å². The Morgan fingerprint density at radius 3 is 1.13 bits per heavy atom. The van der Waals surface area contributed by atoms with Crippen LogP contribution in [0, 0.1) is 0 Å². The first-order valence-corrected chi connectivity index (χ1v) is 17.0. The molecule has 1 aromatic carbocycles. The highest BCUT2D eigenvalue weighted by atomic mass is 16.5. The smallest absolute Gasteiger partial charge is 0.306 e. The Balaban J connectivity index is 1.67. The number of carbonyl (C=O) groups is 1. The van der Waals surface area contributed by atoms with Crippen molar-refractivity contribution in [2.24, 2.45) is 0 Å².